The van der Waals surface area contributed by atoms with Crippen molar-refractivity contribution in [1.29, 1.82) is 0 Å². The van der Waals surface area contributed by atoms with E-state index in [0.29, 0.717) is 0 Å². The molecule has 0 fully saturated rings. The van der Waals surface area contributed by atoms with Gasteiger partial charge in [-0.2, -0.15) is 0 Å². The second-order valence-corrected chi connectivity index (χ2v) is 14.5. The van der Waals surface area contributed by atoms with Crippen molar-refractivity contribution in [2.24, 2.45) is 0 Å². The average Bonchev–Trinajstić information content (AvgIpc) is 3.80. The average molecular weight is 744 g/mol. The van der Waals surface area contributed by atoms with Crippen LogP contribution in [-0.2, 0) is 0 Å². The molecule has 11 aromatic rings. The van der Waals surface area contributed by atoms with Crippen LogP contribution < -0.4 is 9.80 Å². The van der Waals surface area contributed by atoms with Gasteiger partial charge in [0.05, 0.1) is 11.0 Å². The van der Waals surface area contributed by atoms with Gasteiger partial charge in [-0.05, 0) is 115 Å². The number of para-hydroxylation sites is 6. The summed E-state index contributed by atoms with van der Waals surface area (Å²) in [5.74, 6) is 0. The van der Waals surface area contributed by atoms with Crippen molar-refractivity contribution in [3.05, 3.63) is 224 Å². The maximum absolute atomic E-state index is 5.62. The van der Waals surface area contributed by atoms with Crippen LogP contribution >= 0.6 is 0 Å². The molecule has 0 atom stereocenters. The molecular formula is C53H37N5. The van der Waals surface area contributed by atoms with Crippen LogP contribution in [0.3, 0.4) is 0 Å². The van der Waals surface area contributed by atoms with Gasteiger partial charge in [-0.3, -0.25) is 9.13 Å². The Morgan fingerprint density at radius 2 is 0.569 bits per heavy atom. The number of pyridine rings is 1. The fourth-order valence-electron chi connectivity index (χ4n) is 8.48. The lowest BCUT2D eigenvalue weighted by Gasteiger charge is -2.25. The topological polar surface area (TPSA) is 29.2 Å². The SMILES string of the molecule is c1ccc(N(c2ccccc2)c2ccc(-n3c4ccccc4c4cc5c6ccccc6n(-c6ccc(N(c7ccccc7)c7ccccc7)cc6)c5nc43)cc2)cc1. The van der Waals surface area contributed by atoms with E-state index in [1.165, 1.54) is 10.8 Å². The fraction of sp³-hybridized carbons (Fsp3) is 0. The number of anilines is 6. The number of fused-ring (bicyclic) bond motifs is 6. The minimum absolute atomic E-state index is 0.921. The molecule has 0 aliphatic carbocycles. The molecule has 5 heteroatoms. The largest absolute Gasteiger partial charge is 0.311 e. The monoisotopic (exact) mass is 743 g/mol. The summed E-state index contributed by atoms with van der Waals surface area (Å²) in [5, 5.41) is 4.60. The molecule has 0 amide bonds. The molecule has 274 valence electrons. The van der Waals surface area contributed by atoms with Gasteiger partial charge in [-0.1, -0.05) is 109 Å². The zero-order valence-electron chi connectivity index (χ0n) is 31.6. The van der Waals surface area contributed by atoms with E-state index in [1.807, 2.05) is 0 Å². The summed E-state index contributed by atoms with van der Waals surface area (Å²) in [6.07, 6.45) is 0. The normalized spacial score (nSPS) is 11.4. The van der Waals surface area contributed by atoms with Gasteiger partial charge in [0.25, 0.3) is 0 Å². The van der Waals surface area contributed by atoms with Gasteiger partial charge in [-0.15, -0.1) is 0 Å². The van der Waals surface area contributed by atoms with E-state index in [4.69, 9.17) is 4.98 Å². The minimum atomic E-state index is 0.921. The third-order valence-electron chi connectivity index (χ3n) is 11.1. The van der Waals surface area contributed by atoms with Crippen molar-refractivity contribution in [3.63, 3.8) is 0 Å². The fourth-order valence-corrected chi connectivity index (χ4v) is 8.48. The van der Waals surface area contributed by atoms with Crippen LogP contribution in [0.4, 0.5) is 34.1 Å². The summed E-state index contributed by atoms with van der Waals surface area (Å²) >= 11 is 0. The standard InChI is InChI=1S/C53H37N5/c1-5-17-38(18-6-1)55(39-19-7-2-8-20-39)42-29-33-44(34-30-42)57-50-27-15-13-25-46(50)48-37-49-47-26-14-16-28-51(47)58(53(49)54-52(48)57)45-35-31-43(32-36-45)56(40-21-9-3-10-22-40)41-23-11-4-12-24-41/h1-37H. The maximum atomic E-state index is 5.62. The van der Waals surface area contributed by atoms with Crippen LogP contribution in [0, 0.1) is 0 Å². The van der Waals surface area contributed by atoms with Gasteiger partial charge in [0, 0.05) is 67.0 Å². The highest BCUT2D eigenvalue weighted by Gasteiger charge is 2.21. The van der Waals surface area contributed by atoms with E-state index < -0.39 is 0 Å². The quantitative estimate of drug-likeness (QED) is 0.155. The summed E-state index contributed by atoms with van der Waals surface area (Å²) in [5.41, 5.74) is 12.8. The summed E-state index contributed by atoms with van der Waals surface area (Å²) in [6.45, 7) is 0. The van der Waals surface area contributed by atoms with Gasteiger partial charge in [0.15, 0.2) is 0 Å². The van der Waals surface area contributed by atoms with Gasteiger partial charge >= 0.3 is 0 Å². The lowest BCUT2D eigenvalue weighted by Crippen LogP contribution is -2.10. The first kappa shape index (κ1) is 33.4. The molecular weight excluding hydrogens is 707 g/mol. The lowest BCUT2D eigenvalue weighted by molar-refractivity contribution is 1.11. The Kier molecular flexibility index (Phi) is 8.07. The van der Waals surface area contributed by atoms with Crippen molar-refractivity contribution in [2.75, 3.05) is 9.80 Å². The van der Waals surface area contributed by atoms with Crippen LogP contribution in [0.2, 0.25) is 0 Å². The highest BCUT2D eigenvalue weighted by molar-refractivity contribution is 6.16. The molecule has 0 radical (unpaired) electrons. The minimum Gasteiger partial charge on any atom is -0.311 e. The Labute approximate surface area is 336 Å². The number of hydrogen-bond acceptors (Lipinski definition) is 3. The molecule has 0 saturated heterocycles. The summed E-state index contributed by atoms with van der Waals surface area (Å²) in [7, 11) is 0. The number of hydrogen-bond donors (Lipinski definition) is 0. The summed E-state index contributed by atoms with van der Waals surface area (Å²) in [4.78, 5) is 10.2. The van der Waals surface area contributed by atoms with Crippen LogP contribution in [0.5, 0.6) is 0 Å². The highest BCUT2D eigenvalue weighted by Crippen LogP contribution is 2.40. The number of rotatable bonds is 8. The Morgan fingerprint density at radius 1 is 0.276 bits per heavy atom. The van der Waals surface area contributed by atoms with Gasteiger partial charge < -0.3 is 9.80 Å². The Morgan fingerprint density at radius 3 is 0.914 bits per heavy atom. The Balaban J connectivity index is 1.07. The van der Waals surface area contributed by atoms with Gasteiger partial charge in [0.2, 0.25) is 0 Å². The molecule has 3 aromatic heterocycles. The maximum Gasteiger partial charge on any atom is 0.148 e. The van der Waals surface area contributed by atoms with E-state index in [-0.39, 0.29) is 0 Å². The zero-order valence-corrected chi connectivity index (χ0v) is 31.6. The zero-order chi connectivity index (χ0) is 38.4. The highest BCUT2D eigenvalue weighted by atomic mass is 15.2. The second kappa shape index (κ2) is 14.0. The number of benzene rings is 8. The molecule has 5 nitrogen and oxygen atoms in total. The summed E-state index contributed by atoms with van der Waals surface area (Å²) in [6, 6.07) is 79.5. The van der Waals surface area contributed by atoms with Crippen LogP contribution in [0.25, 0.3) is 55.2 Å². The molecule has 0 spiro atoms. The molecule has 8 aromatic carbocycles. The van der Waals surface area contributed by atoms with Crippen molar-refractivity contribution in [2.45, 2.75) is 0 Å². The van der Waals surface area contributed by atoms with E-state index >= 15 is 0 Å². The molecule has 0 aliphatic rings. The smallest absolute Gasteiger partial charge is 0.148 e. The van der Waals surface area contributed by atoms with Gasteiger partial charge in [0.1, 0.15) is 11.3 Å². The molecule has 11 rings (SSSR count). The Hall–Kier alpha value is -7.89. The van der Waals surface area contributed by atoms with E-state index in [1.54, 1.807) is 0 Å². The van der Waals surface area contributed by atoms with Crippen LogP contribution in [-0.4, -0.2) is 14.1 Å². The molecule has 0 N–H and O–H groups in total. The van der Waals surface area contributed by atoms with Crippen molar-refractivity contribution in [3.8, 4) is 11.4 Å². The number of nitrogens with zero attached hydrogens (tertiary/aromatic N) is 5. The van der Waals surface area contributed by atoms with Gasteiger partial charge in [-0.25, -0.2) is 4.98 Å². The van der Waals surface area contributed by atoms with Crippen molar-refractivity contribution < 1.29 is 0 Å². The van der Waals surface area contributed by atoms with E-state index in [2.05, 4.69) is 243 Å². The van der Waals surface area contributed by atoms with E-state index in [0.717, 1.165) is 78.6 Å². The molecule has 0 saturated carbocycles. The first-order chi connectivity index (χ1) is 28.8. The molecule has 0 aliphatic heterocycles. The van der Waals surface area contributed by atoms with Crippen molar-refractivity contribution >= 4 is 78.0 Å². The Bertz CT molecular complexity index is 2900. The predicted molar refractivity (Wildman–Crippen MR) is 242 cm³/mol. The molecule has 3 heterocycles. The first-order valence-corrected chi connectivity index (χ1v) is 19.6. The molecule has 58 heavy (non-hydrogen) atoms. The first-order valence-electron chi connectivity index (χ1n) is 19.6. The number of aromatic nitrogens is 3. The third-order valence-corrected chi connectivity index (χ3v) is 11.1. The van der Waals surface area contributed by atoms with Crippen LogP contribution in [0.1, 0.15) is 0 Å². The lowest BCUT2D eigenvalue weighted by atomic mass is 10.1. The molecule has 0 bridgehead atoms. The van der Waals surface area contributed by atoms with Crippen LogP contribution in [0.15, 0.2) is 224 Å². The molecule has 0 unspecified atom stereocenters. The predicted octanol–water partition coefficient (Wildman–Crippen LogP) is 14.2. The third kappa shape index (κ3) is 5.60. The van der Waals surface area contributed by atoms with Crippen molar-refractivity contribution in [1.82, 2.24) is 14.1 Å². The summed E-state index contributed by atoms with van der Waals surface area (Å²) < 4.78 is 4.62. The second-order valence-electron chi connectivity index (χ2n) is 14.5. The van der Waals surface area contributed by atoms with E-state index in [9.17, 15) is 0 Å².